The zero-order valence-electron chi connectivity index (χ0n) is 6.92. The van der Waals surface area contributed by atoms with Crippen molar-refractivity contribution in [2.75, 3.05) is 13.1 Å². The molecule has 0 aromatic carbocycles. The monoisotopic (exact) mass is 157 g/mol. The first kappa shape index (κ1) is 8.68. The van der Waals surface area contributed by atoms with Crippen LogP contribution in [0.15, 0.2) is 0 Å². The first-order valence-corrected chi connectivity index (χ1v) is 4.10. The van der Waals surface area contributed by atoms with Crippen molar-refractivity contribution < 1.29 is 9.90 Å². The summed E-state index contributed by atoms with van der Waals surface area (Å²) in [6.07, 6.45) is 4.00. The van der Waals surface area contributed by atoms with Gasteiger partial charge >= 0.3 is 0 Å². The molecule has 0 aliphatic carbocycles. The molecule has 1 heterocycles. The van der Waals surface area contributed by atoms with Crippen LogP contribution in [0.3, 0.4) is 0 Å². The number of carbonyl (C=O) groups excluding carboxylic acids is 1. The Labute approximate surface area is 67.0 Å². The van der Waals surface area contributed by atoms with Gasteiger partial charge in [-0.3, -0.25) is 9.69 Å². The normalized spacial score (nSPS) is 26.0. The molecule has 64 valence electrons. The summed E-state index contributed by atoms with van der Waals surface area (Å²) in [6, 6.07) is 0. The van der Waals surface area contributed by atoms with Crippen LogP contribution in [0.5, 0.6) is 0 Å². The van der Waals surface area contributed by atoms with E-state index in [1.807, 2.05) is 4.90 Å². The van der Waals surface area contributed by atoms with E-state index >= 15 is 0 Å². The number of carbonyl (C=O) groups is 1. The minimum Gasteiger partial charge on any atom is -0.369 e. The molecule has 1 atom stereocenters. The molecular formula is C8H15NO2. The highest BCUT2D eigenvalue weighted by Crippen LogP contribution is 2.16. The Morgan fingerprint density at radius 3 is 2.36 bits per heavy atom. The molecule has 0 radical (unpaired) electrons. The van der Waals surface area contributed by atoms with Crippen molar-refractivity contribution >= 4 is 6.29 Å². The second-order valence-corrected chi connectivity index (χ2v) is 3.26. The summed E-state index contributed by atoms with van der Waals surface area (Å²) in [4.78, 5) is 12.3. The fourth-order valence-electron chi connectivity index (χ4n) is 1.42. The second kappa shape index (κ2) is 3.32. The van der Waals surface area contributed by atoms with Gasteiger partial charge in [0.25, 0.3) is 0 Å². The van der Waals surface area contributed by atoms with E-state index in [9.17, 15) is 9.90 Å². The molecule has 0 saturated carbocycles. The second-order valence-electron chi connectivity index (χ2n) is 3.26. The van der Waals surface area contributed by atoms with Crippen LogP contribution in [0, 0.1) is 0 Å². The van der Waals surface area contributed by atoms with Gasteiger partial charge in [0, 0.05) is 13.1 Å². The van der Waals surface area contributed by atoms with Crippen molar-refractivity contribution in [1.82, 2.24) is 4.90 Å². The van der Waals surface area contributed by atoms with Crippen LogP contribution in [0.25, 0.3) is 0 Å². The average Bonchev–Trinajstić information content (AvgIpc) is 2.06. The largest absolute Gasteiger partial charge is 0.369 e. The minimum absolute atomic E-state index is 0.609. The number of piperidine rings is 1. The van der Waals surface area contributed by atoms with Crippen LogP contribution in [0.1, 0.15) is 26.2 Å². The SMILES string of the molecule is CC(O)(C=O)N1CCCCC1. The van der Waals surface area contributed by atoms with Crippen LogP contribution in [0.2, 0.25) is 0 Å². The number of hydrogen-bond donors (Lipinski definition) is 1. The summed E-state index contributed by atoms with van der Waals surface area (Å²) in [5.74, 6) is 0. The van der Waals surface area contributed by atoms with Gasteiger partial charge in [0.1, 0.15) is 0 Å². The Morgan fingerprint density at radius 1 is 1.36 bits per heavy atom. The van der Waals surface area contributed by atoms with Crippen LogP contribution in [0.4, 0.5) is 0 Å². The molecule has 0 aromatic heterocycles. The third-order valence-corrected chi connectivity index (χ3v) is 2.22. The molecule has 0 amide bonds. The van der Waals surface area contributed by atoms with Gasteiger partial charge in [-0.1, -0.05) is 6.42 Å². The van der Waals surface area contributed by atoms with Gasteiger partial charge < -0.3 is 5.11 Å². The molecule has 1 saturated heterocycles. The Hall–Kier alpha value is -0.410. The summed E-state index contributed by atoms with van der Waals surface area (Å²) >= 11 is 0. The van der Waals surface area contributed by atoms with Crippen molar-refractivity contribution in [3.05, 3.63) is 0 Å². The van der Waals surface area contributed by atoms with E-state index in [0.29, 0.717) is 6.29 Å². The summed E-state index contributed by atoms with van der Waals surface area (Å²) in [5.41, 5.74) is -1.24. The van der Waals surface area contributed by atoms with Crippen molar-refractivity contribution in [1.29, 1.82) is 0 Å². The Kier molecular flexibility index (Phi) is 2.62. The number of aldehydes is 1. The van der Waals surface area contributed by atoms with E-state index in [0.717, 1.165) is 25.9 Å². The topological polar surface area (TPSA) is 40.5 Å². The number of hydrogen-bond acceptors (Lipinski definition) is 3. The molecule has 1 N–H and O–H groups in total. The lowest BCUT2D eigenvalue weighted by atomic mass is 10.1. The first-order valence-electron chi connectivity index (χ1n) is 4.10. The molecule has 3 heteroatoms. The Balaban J connectivity index is 2.50. The predicted molar refractivity (Wildman–Crippen MR) is 42.1 cm³/mol. The van der Waals surface area contributed by atoms with Crippen molar-refractivity contribution in [3.63, 3.8) is 0 Å². The maximum Gasteiger partial charge on any atom is 0.172 e. The van der Waals surface area contributed by atoms with Crippen molar-refractivity contribution in [3.8, 4) is 0 Å². The quantitative estimate of drug-likeness (QED) is 0.589. The summed E-state index contributed by atoms with van der Waals surface area (Å²) < 4.78 is 0. The Bertz CT molecular complexity index is 139. The number of likely N-dealkylation sites (tertiary alicyclic amines) is 1. The third-order valence-electron chi connectivity index (χ3n) is 2.22. The van der Waals surface area contributed by atoms with Crippen LogP contribution >= 0.6 is 0 Å². The standard InChI is InChI=1S/C8H15NO2/c1-8(11,7-10)9-5-3-2-4-6-9/h7,11H,2-6H2,1H3. The molecule has 1 rings (SSSR count). The molecule has 0 spiro atoms. The lowest BCUT2D eigenvalue weighted by Crippen LogP contribution is -2.49. The average molecular weight is 157 g/mol. The zero-order chi connectivity index (χ0) is 8.32. The maximum atomic E-state index is 10.4. The van der Waals surface area contributed by atoms with Gasteiger partial charge in [0.2, 0.25) is 0 Å². The van der Waals surface area contributed by atoms with Gasteiger partial charge in [0.15, 0.2) is 12.0 Å². The van der Waals surface area contributed by atoms with Crippen LogP contribution in [-0.2, 0) is 4.79 Å². The van der Waals surface area contributed by atoms with Gasteiger partial charge in [-0.05, 0) is 19.8 Å². The first-order chi connectivity index (χ1) is 5.17. The highest BCUT2D eigenvalue weighted by molar-refractivity contribution is 5.60. The molecule has 1 fully saturated rings. The molecule has 1 unspecified atom stereocenters. The van der Waals surface area contributed by atoms with Crippen LogP contribution in [-0.4, -0.2) is 35.1 Å². The highest BCUT2D eigenvalue weighted by atomic mass is 16.3. The summed E-state index contributed by atoms with van der Waals surface area (Å²) in [7, 11) is 0. The van der Waals surface area contributed by atoms with Crippen LogP contribution < -0.4 is 0 Å². The van der Waals surface area contributed by atoms with Crippen molar-refractivity contribution in [2.24, 2.45) is 0 Å². The van der Waals surface area contributed by atoms with E-state index in [1.165, 1.54) is 6.42 Å². The lowest BCUT2D eigenvalue weighted by Gasteiger charge is -2.35. The number of rotatable bonds is 2. The van der Waals surface area contributed by atoms with Crippen molar-refractivity contribution in [2.45, 2.75) is 31.9 Å². The molecule has 1 aliphatic rings. The van der Waals surface area contributed by atoms with E-state index in [2.05, 4.69) is 0 Å². The number of nitrogens with zero attached hydrogens (tertiary/aromatic N) is 1. The molecule has 11 heavy (non-hydrogen) atoms. The van der Waals surface area contributed by atoms with Gasteiger partial charge in [-0.2, -0.15) is 0 Å². The van der Waals surface area contributed by atoms with E-state index < -0.39 is 5.72 Å². The predicted octanol–water partition coefficient (Wildman–Crippen LogP) is 0.380. The zero-order valence-corrected chi connectivity index (χ0v) is 6.92. The van der Waals surface area contributed by atoms with Gasteiger partial charge in [-0.25, -0.2) is 0 Å². The highest BCUT2D eigenvalue weighted by Gasteiger charge is 2.28. The summed E-state index contributed by atoms with van der Waals surface area (Å²) in [6.45, 7) is 3.22. The van der Waals surface area contributed by atoms with E-state index in [4.69, 9.17) is 0 Å². The fourth-order valence-corrected chi connectivity index (χ4v) is 1.42. The lowest BCUT2D eigenvalue weighted by molar-refractivity contribution is -0.145. The summed E-state index contributed by atoms with van der Waals surface area (Å²) in [5, 5.41) is 9.51. The fraction of sp³-hybridized carbons (Fsp3) is 0.875. The van der Waals surface area contributed by atoms with E-state index in [1.54, 1.807) is 6.92 Å². The van der Waals surface area contributed by atoms with Gasteiger partial charge in [0.05, 0.1) is 0 Å². The third kappa shape index (κ3) is 2.01. The molecule has 3 nitrogen and oxygen atoms in total. The molecular weight excluding hydrogens is 142 g/mol. The van der Waals surface area contributed by atoms with E-state index in [-0.39, 0.29) is 0 Å². The number of aliphatic hydroxyl groups is 1. The maximum absolute atomic E-state index is 10.4. The molecule has 0 aromatic rings. The smallest absolute Gasteiger partial charge is 0.172 e. The molecule has 0 bridgehead atoms. The minimum atomic E-state index is -1.24. The Morgan fingerprint density at radius 2 is 1.91 bits per heavy atom. The van der Waals surface area contributed by atoms with Gasteiger partial charge in [-0.15, -0.1) is 0 Å². The molecule has 1 aliphatic heterocycles.